The van der Waals surface area contributed by atoms with Crippen LogP contribution in [0.15, 0.2) is 0 Å². The lowest BCUT2D eigenvalue weighted by Crippen LogP contribution is -2.24. The zero-order valence-electron chi connectivity index (χ0n) is 18.1. The zero-order chi connectivity index (χ0) is 20.3. The Morgan fingerprint density at radius 2 is 1.19 bits per heavy atom. The molecule has 0 aliphatic rings. The quantitative estimate of drug-likeness (QED) is 0.194. The van der Waals surface area contributed by atoms with E-state index in [1.807, 2.05) is 6.92 Å². The number of hydrogen-bond donors (Lipinski definition) is 1. The lowest BCUT2D eigenvalue weighted by molar-refractivity contribution is -0.156. The van der Waals surface area contributed by atoms with E-state index in [2.05, 4.69) is 13.8 Å². The second-order valence-corrected chi connectivity index (χ2v) is 7.90. The van der Waals surface area contributed by atoms with Gasteiger partial charge in [-0.1, -0.05) is 85.0 Å². The summed E-state index contributed by atoms with van der Waals surface area (Å²) in [6, 6.07) is 0. The van der Waals surface area contributed by atoms with Gasteiger partial charge in [0.05, 0.1) is 12.3 Å². The molecule has 4 nitrogen and oxygen atoms in total. The minimum atomic E-state index is -0.880. The number of esters is 1. The van der Waals surface area contributed by atoms with E-state index in [4.69, 9.17) is 4.74 Å². The second-order valence-electron chi connectivity index (χ2n) is 7.90. The van der Waals surface area contributed by atoms with Crippen molar-refractivity contribution in [3.05, 3.63) is 0 Å². The number of carboxylic acids is 1. The number of unbranched alkanes of at least 4 members (excludes halogenated alkanes) is 9. The molecule has 0 heterocycles. The topological polar surface area (TPSA) is 63.6 Å². The number of aliphatic carboxylic acids is 1. The molecule has 2 unspecified atom stereocenters. The summed E-state index contributed by atoms with van der Waals surface area (Å²) in [5, 5.41) is 9.31. The molecule has 27 heavy (non-hydrogen) atoms. The summed E-state index contributed by atoms with van der Waals surface area (Å²) in [6.45, 7) is 6.43. The summed E-state index contributed by atoms with van der Waals surface area (Å²) in [4.78, 5) is 23.6. The van der Waals surface area contributed by atoms with Crippen LogP contribution >= 0.6 is 0 Å². The third-order valence-corrected chi connectivity index (χ3v) is 5.23. The summed E-state index contributed by atoms with van der Waals surface area (Å²) < 4.78 is 5.70. The van der Waals surface area contributed by atoms with Crippen molar-refractivity contribution in [3.63, 3.8) is 0 Å². The van der Waals surface area contributed by atoms with Gasteiger partial charge in [-0.05, 0) is 32.1 Å². The van der Waals surface area contributed by atoms with Crippen molar-refractivity contribution in [3.8, 4) is 0 Å². The maximum atomic E-state index is 12.3. The van der Waals surface area contributed by atoms with E-state index in [0.717, 1.165) is 51.4 Å². The fourth-order valence-corrected chi connectivity index (χ4v) is 3.41. The molecule has 4 heteroatoms. The Morgan fingerprint density at radius 3 is 1.74 bits per heavy atom. The van der Waals surface area contributed by atoms with E-state index < -0.39 is 11.9 Å². The van der Waals surface area contributed by atoms with Crippen LogP contribution in [0.1, 0.15) is 124 Å². The summed E-state index contributed by atoms with van der Waals surface area (Å²) in [6.07, 6.45) is 16.2. The highest BCUT2D eigenvalue weighted by Gasteiger charge is 2.23. The van der Waals surface area contributed by atoms with E-state index in [1.165, 1.54) is 38.5 Å². The number of rotatable bonds is 19. The van der Waals surface area contributed by atoms with Gasteiger partial charge in [0.2, 0.25) is 0 Å². The van der Waals surface area contributed by atoms with Crippen LogP contribution < -0.4 is 0 Å². The SMILES string of the molecule is CCCCCCCCCC(CCCCC)OC(=O)CC(CCCC)C(=O)O. The number of carbonyl (C=O) groups is 2. The van der Waals surface area contributed by atoms with Gasteiger partial charge in [-0.2, -0.15) is 0 Å². The Hall–Kier alpha value is -1.06. The fourth-order valence-electron chi connectivity index (χ4n) is 3.41. The minimum Gasteiger partial charge on any atom is -0.481 e. The van der Waals surface area contributed by atoms with Gasteiger partial charge in [0.15, 0.2) is 0 Å². The average Bonchev–Trinajstić information content (AvgIpc) is 2.64. The Labute approximate surface area is 167 Å². The van der Waals surface area contributed by atoms with Crippen LogP contribution in [0, 0.1) is 5.92 Å². The molecule has 0 amide bonds. The first-order valence-electron chi connectivity index (χ1n) is 11.5. The van der Waals surface area contributed by atoms with E-state index in [1.54, 1.807) is 0 Å². The number of ether oxygens (including phenoxy) is 1. The minimum absolute atomic E-state index is 0.0105. The van der Waals surface area contributed by atoms with Crippen LogP contribution in [0.25, 0.3) is 0 Å². The largest absolute Gasteiger partial charge is 0.481 e. The van der Waals surface area contributed by atoms with Gasteiger partial charge in [0, 0.05) is 0 Å². The highest BCUT2D eigenvalue weighted by Crippen LogP contribution is 2.19. The molecule has 0 aliphatic heterocycles. The molecule has 0 aromatic carbocycles. The molecule has 1 N–H and O–H groups in total. The third-order valence-electron chi connectivity index (χ3n) is 5.23. The highest BCUT2D eigenvalue weighted by atomic mass is 16.5. The molecule has 2 atom stereocenters. The molecule has 0 rings (SSSR count). The van der Waals surface area contributed by atoms with Crippen molar-refractivity contribution < 1.29 is 19.4 Å². The smallest absolute Gasteiger partial charge is 0.307 e. The Kier molecular flexibility index (Phi) is 17.6. The molecule has 0 aromatic heterocycles. The van der Waals surface area contributed by atoms with Gasteiger partial charge in [-0.3, -0.25) is 9.59 Å². The predicted molar refractivity (Wildman–Crippen MR) is 112 cm³/mol. The van der Waals surface area contributed by atoms with Crippen molar-refractivity contribution in [1.82, 2.24) is 0 Å². The molecule has 0 saturated heterocycles. The number of carboxylic acid groups (broad SMARTS) is 1. The Morgan fingerprint density at radius 1 is 0.704 bits per heavy atom. The van der Waals surface area contributed by atoms with Gasteiger partial charge >= 0.3 is 11.9 Å². The van der Waals surface area contributed by atoms with Gasteiger partial charge in [0.1, 0.15) is 6.10 Å². The summed E-state index contributed by atoms with van der Waals surface area (Å²) in [5.41, 5.74) is 0. The molecule has 0 fully saturated rings. The monoisotopic (exact) mass is 384 g/mol. The average molecular weight is 385 g/mol. The van der Waals surface area contributed by atoms with Crippen LogP contribution in [0.4, 0.5) is 0 Å². The fraction of sp³-hybridized carbons (Fsp3) is 0.913. The van der Waals surface area contributed by atoms with Gasteiger partial charge < -0.3 is 9.84 Å². The van der Waals surface area contributed by atoms with E-state index in [0.29, 0.717) is 6.42 Å². The molecule has 0 saturated carbocycles. The number of hydrogen-bond acceptors (Lipinski definition) is 3. The molecule has 0 spiro atoms. The van der Waals surface area contributed by atoms with Crippen molar-refractivity contribution >= 4 is 11.9 Å². The lowest BCUT2D eigenvalue weighted by atomic mass is 9.98. The van der Waals surface area contributed by atoms with Crippen LogP contribution in [0.2, 0.25) is 0 Å². The molecular weight excluding hydrogens is 340 g/mol. The molecule has 0 radical (unpaired) electrons. The van der Waals surface area contributed by atoms with Crippen LogP contribution in [-0.4, -0.2) is 23.1 Å². The van der Waals surface area contributed by atoms with Crippen LogP contribution in [-0.2, 0) is 14.3 Å². The first-order valence-corrected chi connectivity index (χ1v) is 11.5. The van der Waals surface area contributed by atoms with E-state index >= 15 is 0 Å². The van der Waals surface area contributed by atoms with Gasteiger partial charge in [-0.15, -0.1) is 0 Å². The van der Waals surface area contributed by atoms with Crippen molar-refractivity contribution in [2.75, 3.05) is 0 Å². The first kappa shape index (κ1) is 25.9. The Balaban J connectivity index is 4.30. The maximum Gasteiger partial charge on any atom is 0.307 e. The highest BCUT2D eigenvalue weighted by molar-refractivity contribution is 5.78. The third kappa shape index (κ3) is 15.7. The van der Waals surface area contributed by atoms with Gasteiger partial charge in [0.25, 0.3) is 0 Å². The second kappa shape index (κ2) is 18.3. The van der Waals surface area contributed by atoms with Crippen LogP contribution in [0.3, 0.4) is 0 Å². The zero-order valence-corrected chi connectivity index (χ0v) is 18.1. The van der Waals surface area contributed by atoms with E-state index in [9.17, 15) is 14.7 Å². The molecule has 0 aliphatic carbocycles. The van der Waals surface area contributed by atoms with Crippen LogP contribution in [0.5, 0.6) is 0 Å². The molecule has 160 valence electrons. The summed E-state index contributed by atoms with van der Waals surface area (Å²) in [7, 11) is 0. The molecule has 0 bridgehead atoms. The standard InChI is InChI=1S/C23H44O4/c1-4-7-10-11-12-13-15-18-21(17-14-8-5-2)27-22(24)19-20(23(25)26)16-9-6-3/h20-21H,4-19H2,1-3H3,(H,25,26). The lowest BCUT2D eigenvalue weighted by Gasteiger charge is -2.19. The summed E-state index contributed by atoms with van der Waals surface area (Å²) >= 11 is 0. The van der Waals surface area contributed by atoms with Crippen molar-refractivity contribution in [2.24, 2.45) is 5.92 Å². The molecule has 0 aromatic rings. The van der Waals surface area contributed by atoms with E-state index in [-0.39, 0.29) is 18.5 Å². The first-order chi connectivity index (χ1) is 13.0. The van der Waals surface area contributed by atoms with Gasteiger partial charge in [-0.25, -0.2) is 0 Å². The predicted octanol–water partition coefficient (Wildman–Crippen LogP) is 6.90. The number of carbonyl (C=O) groups excluding carboxylic acids is 1. The normalized spacial score (nSPS) is 13.3. The van der Waals surface area contributed by atoms with Crippen molar-refractivity contribution in [2.45, 2.75) is 130 Å². The molecular formula is C23H44O4. The maximum absolute atomic E-state index is 12.3. The summed E-state index contributed by atoms with van der Waals surface area (Å²) in [5.74, 6) is -1.81. The van der Waals surface area contributed by atoms with Crippen molar-refractivity contribution in [1.29, 1.82) is 0 Å². The Bertz CT molecular complexity index is 367.